The van der Waals surface area contributed by atoms with Crippen molar-refractivity contribution >= 4 is 46.2 Å². The lowest BCUT2D eigenvalue weighted by Gasteiger charge is -2.28. The van der Waals surface area contributed by atoms with E-state index in [-0.39, 0.29) is 12.5 Å². The molecule has 0 bridgehead atoms. The van der Waals surface area contributed by atoms with E-state index in [0.29, 0.717) is 15.7 Å². The van der Waals surface area contributed by atoms with Gasteiger partial charge in [-0.25, -0.2) is 0 Å². The highest BCUT2D eigenvalue weighted by Crippen LogP contribution is 2.23. The number of benzene rings is 2. The molecule has 1 heterocycles. The van der Waals surface area contributed by atoms with E-state index >= 15 is 0 Å². The van der Waals surface area contributed by atoms with Crippen molar-refractivity contribution in [2.75, 3.05) is 35.2 Å². The number of halogens is 2. The van der Waals surface area contributed by atoms with Gasteiger partial charge in [-0.05, 0) is 61.7 Å². The molecule has 0 radical (unpaired) electrons. The minimum absolute atomic E-state index is 0.154. The number of hydrogen-bond acceptors (Lipinski definition) is 3. The van der Waals surface area contributed by atoms with Crippen molar-refractivity contribution in [2.45, 2.75) is 19.3 Å². The molecule has 3 rings (SSSR count). The molecule has 2 N–H and O–H groups in total. The fourth-order valence-corrected chi connectivity index (χ4v) is 3.48. The molecule has 0 unspecified atom stereocenters. The van der Waals surface area contributed by atoms with Crippen LogP contribution in [0, 0.1) is 0 Å². The Morgan fingerprint density at radius 2 is 1.56 bits per heavy atom. The van der Waals surface area contributed by atoms with E-state index < -0.39 is 0 Å². The minimum atomic E-state index is -0.154. The van der Waals surface area contributed by atoms with Crippen LogP contribution in [0.2, 0.25) is 10.0 Å². The monoisotopic (exact) mass is 377 g/mol. The van der Waals surface area contributed by atoms with Gasteiger partial charge in [0.2, 0.25) is 5.91 Å². The fourth-order valence-electron chi connectivity index (χ4n) is 2.96. The van der Waals surface area contributed by atoms with E-state index in [2.05, 4.69) is 27.7 Å². The van der Waals surface area contributed by atoms with Crippen molar-refractivity contribution < 1.29 is 4.79 Å². The Morgan fingerprint density at radius 3 is 2.20 bits per heavy atom. The van der Waals surface area contributed by atoms with Crippen LogP contribution in [0.15, 0.2) is 42.5 Å². The van der Waals surface area contributed by atoms with Gasteiger partial charge in [0.25, 0.3) is 0 Å². The van der Waals surface area contributed by atoms with Crippen molar-refractivity contribution in [2.24, 2.45) is 0 Å². The molecule has 0 aliphatic carbocycles. The van der Waals surface area contributed by atoms with Gasteiger partial charge in [-0.1, -0.05) is 23.2 Å². The van der Waals surface area contributed by atoms with Crippen LogP contribution >= 0.6 is 23.2 Å². The first kappa shape index (κ1) is 17.9. The first-order valence-corrected chi connectivity index (χ1v) is 9.20. The van der Waals surface area contributed by atoms with Crippen molar-refractivity contribution in [3.63, 3.8) is 0 Å². The second kappa shape index (κ2) is 8.45. The zero-order chi connectivity index (χ0) is 17.6. The summed E-state index contributed by atoms with van der Waals surface area (Å²) in [4.78, 5) is 14.5. The highest BCUT2D eigenvalue weighted by Gasteiger charge is 2.10. The molecule has 2 aromatic rings. The maximum atomic E-state index is 12.1. The average Bonchev–Trinajstić information content (AvgIpc) is 2.60. The SMILES string of the molecule is O=C(CNc1ccc(N2CCCCC2)cc1)Nc1cc(Cl)cc(Cl)c1. The third kappa shape index (κ3) is 5.28. The molecular formula is C19H21Cl2N3O. The highest BCUT2D eigenvalue weighted by atomic mass is 35.5. The molecule has 1 aliphatic rings. The zero-order valence-electron chi connectivity index (χ0n) is 13.9. The summed E-state index contributed by atoms with van der Waals surface area (Å²) in [6, 6.07) is 13.2. The Hall–Kier alpha value is -1.91. The van der Waals surface area contributed by atoms with Crippen LogP contribution in [0.1, 0.15) is 19.3 Å². The van der Waals surface area contributed by atoms with Crippen LogP contribution in [-0.2, 0) is 4.79 Å². The summed E-state index contributed by atoms with van der Waals surface area (Å²) in [6.07, 6.45) is 3.84. The van der Waals surface area contributed by atoms with Gasteiger partial charge in [-0.15, -0.1) is 0 Å². The Balaban J connectivity index is 1.51. The fraction of sp³-hybridized carbons (Fsp3) is 0.316. The first-order valence-electron chi connectivity index (χ1n) is 8.45. The van der Waals surface area contributed by atoms with Crippen LogP contribution in [0.4, 0.5) is 17.1 Å². The van der Waals surface area contributed by atoms with E-state index in [1.165, 1.54) is 24.9 Å². The Kier molecular flexibility index (Phi) is 6.05. The minimum Gasteiger partial charge on any atom is -0.376 e. The Labute approximate surface area is 158 Å². The number of hydrogen-bond donors (Lipinski definition) is 2. The number of carbonyl (C=O) groups is 1. The molecule has 25 heavy (non-hydrogen) atoms. The van der Waals surface area contributed by atoms with Crippen molar-refractivity contribution in [1.82, 2.24) is 0 Å². The number of anilines is 3. The van der Waals surface area contributed by atoms with Crippen LogP contribution in [0.25, 0.3) is 0 Å². The molecule has 1 saturated heterocycles. The summed E-state index contributed by atoms with van der Waals surface area (Å²) < 4.78 is 0. The summed E-state index contributed by atoms with van der Waals surface area (Å²) in [5, 5.41) is 6.89. The third-order valence-corrected chi connectivity index (χ3v) is 4.62. The molecule has 2 aromatic carbocycles. The topological polar surface area (TPSA) is 44.4 Å². The number of amides is 1. The molecule has 132 valence electrons. The lowest BCUT2D eigenvalue weighted by molar-refractivity contribution is -0.114. The van der Waals surface area contributed by atoms with Gasteiger partial charge in [-0.2, -0.15) is 0 Å². The largest absolute Gasteiger partial charge is 0.376 e. The van der Waals surface area contributed by atoms with Crippen LogP contribution in [0.3, 0.4) is 0 Å². The highest BCUT2D eigenvalue weighted by molar-refractivity contribution is 6.35. The standard InChI is InChI=1S/C19H21Cl2N3O/c20-14-10-15(21)12-17(11-14)23-19(25)13-22-16-4-6-18(7-5-16)24-8-2-1-3-9-24/h4-7,10-12,22H,1-3,8-9,13H2,(H,23,25). The Bertz CT molecular complexity index is 708. The normalized spacial score (nSPS) is 14.2. The van der Waals surface area contributed by atoms with Gasteiger partial charge >= 0.3 is 0 Å². The smallest absolute Gasteiger partial charge is 0.243 e. The van der Waals surface area contributed by atoms with E-state index in [0.717, 1.165) is 18.8 Å². The molecule has 4 nitrogen and oxygen atoms in total. The maximum Gasteiger partial charge on any atom is 0.243 e. The second-order valence-corrected chi connectivity index (χ2v) is 7.03. The summed E-state index contributed by atoms with van der Waals surface area (Å²) in [5.74, 6) is -0.154. The second-order valence-electron chi connectivity index (χ2n) is 6.15. The van der Waals surface area contributed by atoms with Gasteiger partial charge < -0.3 is 15.5 Å². The van der Waals surface area contributed by atoms with Crippen LogP contribution < -0.4 is 15.5 Å². The summed E-state index contributed by atoms with van der Waals surface area (Å²) in [6.45, 7) is 2.42. The number of carbonyl (C=O) groups excluding carboxylic acids is 1. The van der Waals surface area contributed by atoms with E-state index in [1.807, 2.05) is 12.1 Å². The quantitative estimate of drug-likeness (QED) is 0.767. The average molecular weight is 378 g/mol. The third-order valence-electron chi connectivity index (χ3n) is 4.19. The Morgan fingerprint density at radius 1 is 0.920 bits per heavy atom. The molecule has 0 spiro atoms. The molecule has 0 aromatic heterocycles. The molecule has 6 heteroatoms. The van der Waals surface area contributed by atoms with Gasteiger partial charge in [0.1, 0.15) is 0 Å². The van der Waals surface area contributed by atoms with Gasteiger partial charge in [0, 0.05) is 40.2 Å². The van der Waals surface area contributed by atoms with E-state index in [4.69, 9.17) is 23.2 Å². The lowest BCUT2D eigenvalue weighted by atomic mass is 10.1. The molecule has 0 saturated carbocycles. The van der Waals surface area contributed by atoms with Crippen molar-refractivity contribution in [3.8, 4) is 0 Å². The van der Waals surface area contributed by atoms with Crippen LogP contribution in [-0.4, -0.2) is 25.5 Å². The predicted molar refractivity (Wildman–Crippen MR) is 106 cm³/mol. The number of piperidine rings is 1. The summed E-state index contributed by atoms with van der Waals surface area (Å²) in [5.41, 5.74) is 2.74. The van der Waals surface area contributed by atoms with Gasteiger partial charge in [0.15, 0.2) is 0 Å². The van der Waals surface area contributed by atoms with E-state index in [1.54, 1.807) is 18.2 Å². The summed E-state index contributed by atoms with van der Waals surface area (Å²) >= 11 is 11.9. The molecular weight excluding hydrogens is 357 g/mol. The van der Waals surface area contributed by atoms with Crippen LogP contribution in [0.5, 0.6) is 0 Å². The molecule has 1 amide bonds. The van der Waals surface area contributed by atoms with Crippen molar-refractivity contribution in [3.05, 3.63) is 52.5 Å². The number of rotatable bonds is 5. The van der Waals surface area contributed by atoms with Gasteiger partial charge in [0.05, 0.1) is 6.54 Å². The number of nitrogens with one attached hydrogen (secondary N) is 2. The van der Waals surface area contributed by atoms with Gasteiger partial charge in [-0.3, -0.25) is 4.79 Å². The predicted octanol–water partition coefficient (Wildman–Crippen LogP) is 5.03. The molecule has 1 fully saturated rings. The van der Waals surface area contributed by atoms with E-state index in [9.17, 15) is 4.79 Å². The zero-order valence-corrected chi connectivity index (χ0v) is 15.4. The maximum absolute atomic E-state index is 12.1. The molecule has 0 atom stereocenters. The first-order chi connectivity index (χ1) is 12.1. The van der Waals surface area contributed by atoms with Crippen molar-refractivity contribution in [1.29, 1.82) is 0 Å². The lowest BCUT2D eigenvalue weighted by Crippen LogP contribution is -2.29. The number of nitrogens with zero attached hydrogens (tertiary/aromatic N) is 1. The summed E-state index contributed by atoms with van der Waals surface area (Å²) in [7, 11) is 0. The molecule has 1 aliphatic heterocycles.